The van der Waals surface area contributed by atoms with Crippen LogP contribution in [0.5, 0.6) is 0 Å². The van der Waals surface area contributed by atoms with Crippen molar-refractivity contribution in [3.8, 4) is 0 Å². The van der Waals surface area contributed by atoms with Crippen molar-refractivity contribution in [1.29, 1.82) is 0 Å². The van der Waals surface area contributed by atoms with Crippen molar-refractivity contribution >= 4 is 15.9 Å². The lowest BCUT2D eigenvalue weighted by Crippen LogP contribution is -2.38. The highest BCUT2D eigenvalue weighted by molar-refractivity contribution is 7.89. The van der Waals surface area contributed by atoms with Crippen LogP contribution in [0.1, 0.15) is 35.8 Å². The van der Waals surface area contributed by atoms with Crippen molar-refractivity contribution in [1.82, 2.24) is 24.7 Å². The number of aromatic nitrogens is 2. The van der Waals surface area contributed by atoms with Crippen LogP contribution in [0, 0.1) is 0 Å². The van der Waals surface area contributed by atoms with Crippen molar-refractivity contribution in [3.63, 3.8) is 0 Å². The predicted molar refractivity (Wildman–Crippen MR) is 87.8 cm³/mol. The third-order valence-electron chi connectivity index (χ3n) is 4.12. The van der Waals surface area contributed by atoms with Crippen LogP contribution in [-0.4, -0.2) is 68.5 Å². The summed E-state index contributed by atoms with van der Waals surface area (Å²) in [5, 5.41) is 6.91. The Kier molecular flexibility index (Phi) is 6.14. The third-order valence-corrected chi connectivity index (χ3v) is 5.57. The van der Waals surface area contributed by atoms with Crippen LogP contribution < -0.4 is 10.0 Å². The maximum atomic E-state index is 11.6. The van der Waals surface area contributed by atoms with Crippen LogP contribution in [0.25, 0.3) is 0 Å². The van der Waals surface area contributed by atoms with E-state index in [2.05, 4.69) is 20.0 Å². The van der Waals surface area contributed by atoms with E-state index in [0.29, 0.717) is 12.1 Å². The van der Waals surface area contributed by atoms with Crippen LogP contribution in [0.15, 0.2) is 12.3 Å². The molecule has 1 aromatic rings. The Morgan fingerprint density at radius 1 is 1.43 bits per heavy atom. The molecule has 0 saturated carbocycles. The second kappa shape index (κ2) is 7.89. The molecule has 0 spiro atoms. The molecule has 1 atom stereocenters. The fourth-order valence-electron chi connectivity index (χ4n) is 2.82. The first kappa shape index (κ1) is 17.9. The molecule has 1 aromatic heterocycles. The Balaban J connectivity index is 1.88. The quantitative estimate of drug-likeness (QED) is 0.716. The highest BCUT2D eigenvalue weighted by Crippen LogP contribution is 2.21. The first-order valence-corrected chi connectivity index (χ1v) is 9.51. The van der Waals surface area contributed by atoms with E-state index in [4.69, 9.17) is 0 Å². The van der Waals surface area contributed by atoms with Gasteiger partial charge in [-0.05, 0) is 45.5 Å². The summed E-state index contributed by atoms with van der Waals surface area (Å²) >= 11 is 0. The van der Waals surface area contributed by atoms with E-state index >= 15 is 0 Å². The molecule has 1 aliphatic heterocycles. The van der Waals surface area contributed by atoms with Crippen molar-refractivity contribution in [3.05, 3.63) is 18.0 Å². The van der Waals surface area contributed by atoms with Crippen LogP contribution in [0.3, 0.4) is 0 Å². The minimum Gasteiger partial charge on any atom is -0.354 e. The van der Waals surface area contributed by atoms with Crippen LogP contribution >= 0.6 is 0 Å². The third kappa shape index (κ3) is 5.02. The molecule has 2 N–H and O–H groups in total. The number of sulfonamides is 1. The average molecular weight is 343 g/mol. The average Bonchev–Trinajstić information content (AvgIpc) is 3.04. The molecule has 8 nitrogen and oxygen atoms in total. The van der Waals surface area contributed by atoms with Gasteiger partial charge in [0.25, 0.3) is 5.91 Å². The molecule has 9 heteroatoms. The van der Waals surface area contributed by atoms with E-state index in [1.165, 1.54) is 7.05 Å². The SMILES string of the molecule is CNC(=O)c1ccn([C@@H]2CCCN(CCCS(=O)(=O)NC)C2)n1. The Labute approximate surface area is 137 Å². The highest BCUT2D eigenvalue weighted by Gasteiger charge is 2.22. The number of nitrogens with one attached hydrogen (secondary N) is 2. The zero-order chi connectivity index (χ0) is 16.9. The van der Waals surface area contributed by atoms with Crippen LogP contribution in [0.2, 0.25) is 0 Å². The summed E-state index contributed by atoms with van der Waals surface area (Å²) in [5.74, 6) is -0.0403. The second-order valence-electron chi connectivity index (χ2n) is 5.73. The first-order chi connectivity index (χ1) is 10.9. The summed E-state index contributed by atoms with van der Waals surface area (Å²) in [4.78, 5) is 13.8. The molecule has 0 radical (unpaired) electrons. The van der Waals surface area contributed by atoms with Crippen molar-refractivity contribution in [2.75, 3.05) is 39.5 Å². The number of rotatable bonds is 7. The van der Waals surface area contributed by atoms with Gasteiger partial charge in [-0.3, -0.25) is 9.48 Å². The number of piperidine rings is 1. The van der Waals surface area contributed by atoms with Gasteiger partial charge >= 0.3 is 0 Å². The van der Waals surface area contributed by atoms with E-state index in [1.807, 2.05) is 10.9 Å². The van der Waals surface area contributed by atoms with Crippen molar-refractivity contribution < 1.29 is 13.2 Å². The molecular weight excluding hydrogens is 318 g/mol. The molecule has 0 unspecified atom stereocenters. The van der Waals surface area contributed by atoms with Gasteiger partial charge in [0, 0.05) is 19.8 Å². The van der Waals surface area contributed by atoms with Gasteiger partial charge in [0.2, 0.25) is 10.0 Å². The van der Waals surface area contributed by atoms with Crippen LogP contribution in [-0.2, 0) is 10.0 Å². The minimum absolute atomic E-state index is 0.146. The second-order valence-corrected chi connectivity index (χ2v) is 7.78. The normalized spacial score (nSPS) is 19.7. The largest absolute Gasteiger partial charge is 0.354 e. The molecule has 23 heavy (non-hydrogen) atoms. The lowest BCUT2D eigenvalue weighted by atomic mass is 10.1. The molecule has 1 amide bonds. The van der Waals surface area contributed by atoms with E-state index in [9.17, 15) is 13.2 Å². The summed E-state index contributed by atoms with van der Waals surface area (Å²) in [5.41, 5.74) is 0.421. The number of carbonyl (C=O) groups is 1. The molecule has 1 saturated heterocycles. The topological polar surface area (TPSA) is 96.3 Å². The Morgan fingerprint density at radius 2 is 2.22 bits per heavy atom. The smallest absolute Gasteiger partial charge is 0.271 e. The van der Waals surface area contributed by atoms with Gasteiger partial charge in [-0.1, -0.05) is 0 Å². The predicted octanol–water partition coefficient (Wildman–Crippen LogP) is -0.181. The molecular formula is C14H25N5O3S. The fraction of sp³-hybridized carbons (Fsp3) is 0.714. The van der Waals surface area contributed by atoms with E-state index in [1.54, 1.807) is 13.1 Å². The van der Waals surface area contributed by atoms with E-state index in [0.717, 1.165) is 32.5 Å². The highest BCUT2D eigenvalue weighted by atomic mass is 32.2. The number of hydrogen-bond acceptors (Lipinski definition) is 5. The lowest BCUT2D eigenvalue weighted by Gasteiger charge is -2.32. The molecule has 1 aliphatic rings. The molecule has 1 fully saturated rings. The molecule has 0 bridgehead atoms. The van der Waals surface area contributed by atoms with Gasteiger partial charge in [-0.15, -0.1) is 0 Å². The Bertz CT molecular complexity index is 628. The zero-order valence-electron chi connectivity index (χ0n) is 13.7. The Morgan fingerprint density at radius 3 is 2.91 bits per heavy atom. The van der Waals surface area contributed by atoms with Gasteiger partial charge in [-0.2, -0.15) is 5.10 Å². The molecule has 130 valence electrons. The van der Waals surface area contributed by atoms with Gasteiger partial charge in [0.15, 0.2) is 0 Å². The number of carbonyl (C=O) groups excluding carboxylic acids is 1. The molecule has 2 heterocycles. The molecule has 0 aromatic carbocycles. The van der Waals surface area contributed by atoms with Crippen LogP contribution in [0.4, 0.5) is 0 Å². The summed E-state index contributed by atoms with van der Waals surface area (Å²) < 4.78 is 27.1. The first-order valence-electron chi connectivity index (χ1n) is 7.86. The van der Waals surface area contributed by atoms with Crippen molar-refractivity contribution in [2.24, 2.45) is 0 Å². The lowest BCUT2D eigenvalue weighted by molar-refractivity contribution is 0.0956. The van der Waals surface area contributed by atoms with Crippen molar-refractivity contribution in [2.45, 2.75) is 25.3 Å². The minimum atomic E-state index is -3.13. The fourth-order valence-corrected chi connectivity index (χ4v) is 3.53. The number of hydrogen-bond donors (Lipinski definition) is 2. The summed E-state index contributed by atoms with van der Waals surface area (Å²) in [7, 11) is -0.109. The maximum Gasteiger partial charge on any atom is 0.271 e. The molecule has 2 rings (SSSR count). The maximum absolute atomic E-state index is 11.6. The summed E-state index contributed by atoms with van der Waals surface area (Å²) in [6.07, 6.45) is 4.50. The van der Waals surface area contributed by atoms with E-state index in [-0.39, 0.29) is 17.7 Å². The number of likely N-dealkylation sites (tertiary alicyclic amines) is 1. The number of nitrogens with zero attached hydrogens (tertiary/aromatic N) is 3. The summed E-state index contributed by atoms with van der Waals surface area (Å²) in [6, 6.07) is 1.94. The van der Waals surface area contributed by atoms with E-state index < -0.39 is 10.0 Å². The zero-order valence-corrected chi connectivity index (χ0v) is 14.5. The van der Waals surface area contributed by atoms with Gasteiger partial charge in [0.05, 0.1) is 11.8 Å². The van der Waals surface area contributed by atoms with Gasteiger partial charge < -0.3 is 10.2 Å². The monoisotopic (exact) mass is 343 g/mol. The standard InChI is InChI=1S/C14H25N5O3S/c1-15-14(20)13-6-9-19(17-13)12-5-3-7-18(11-12)8-4-10-23(21,22)16-2/h6,9,12,16H,3-5,7-8,10-11H2,1-2H3,(H,15,20)/t12-/m1/s1. The Hall–Kier alpha value is -1.45. The summed E-state index contributed by atoms with van der Waals surface area (Å²) in [6.45, 7) is 2.55. The molecule has 0 aliphatic carbocycles. The van der Waals surface area contributed by atoms with Gasteiger partial charge in [-0.25, -0.2) is 13.1 Å². The number of amides is 1. The van der Waals surface area contributed by atoms with Gasteiger partial charge in [0.1, 0.15) is 5.69 Å².